The molecule has 0 bridgehead atoms. The van der Waals surface area contributed by atoms with E-state index in [1.807, 2.05) is 31.2 Å². The van der Waals surface area contributed by atoms with Crippen LogP contribution < -0.4 is 0 Å². The Morgan fingerprint density at radius 3 is 2.27 bits per heavy atom. The van der Waals surface area contributed by atoms with Crippen molar-refractivity contribution >= 4 is 35.0 Å². The Morgan fingerprint density at radius 1 is 1.27 bits per heavy atom. The lowest BCUT2D eigenvalue weighted by Gasteiger charge is -2.01. The maximum atomic E-state index is 5.78. The summed E-state index contributed by atoms with van der Waals surface area (Å²) < 4.78 is 0.108. The first-order valence-electron chi connectivity index (χ1n) is 3.25. The minimum absolute atomic E-state index is 0.108. The molecule has 1 aromatic rings. The van der Waals surface area contributed by atoms with Gasteiger partial charge >= 0.3 is 0 Å². The number of rotatable bonds is 2. The van der Waals surface area contributed by atoms with Crippen LogP contribution >= 0.6 is 35.0 Å². The fourth-order valence-corrected chi connectivity index (χ4v) is 1.80. The highest BCUT2D eigenvalue weighted by Crippen LogP contribution is 2.26. The van der Waals surface area contributed by atoms with Crippen molar-refractivity contribution in [2.75, 3.05) is 0 Å². The lowest BCUT2D eigenvalue weighted by molar-refractivity contribution is 1.37. The van der Waals surface area contributed by atoms with Gasteiger partial charge in [-0.2, -0.15) is 0 Å². The predicted octanol–water partition coefficient (Wildman–Crippen LogP) is 4.02. The van der Waals surface area contributed by atoms with Crippen molar-refractivity contribution in [3.05, 3.63) is 29.3 Å². The van der Waals surface area contributed by atoms with Crippen molar-refractivity contribution in [2.45, 2.75) is 16.5 Å². The molecule has 0 spiro atoms. The molecule has 0 N–H and O–H groups in total. The molecular formula is C8H8Cl2S. The fourth-order valence-electron chi connectivity index (χ4n) is 0.701. The number of alkyl halides is 1. The van der Waals surface area contributed by atoms with Gasteiger partial charge < -0.3 is 0 Å². The van der Waals surface area contributed by atoms with Crippen molar-refractivity contribution < 1.29 is 0 Å². The van der Waals surface area contributed by atoms with Gasteiger partial charge in [0.2, 0.25) is 0 Å². The Kier molecular flexibility index (Phi) is 3.57. The molecule has 0 saturated carbocycles. The van der Waals surface area contributed by atoms with E-state index in [0.29, 0.717) is 0 Å². The summed E-state index contributed by atoms with van der Waals surface area (Å²) in [7, 11) is 0. The molecule has 0 radical (unpaired) electrons. The van der Waals surface area contributed by atoms with E-state index in [9.17, 15) is 0 Å². The molecule has 1 aromatic carbocycles. The van der Waals surface area contributed by atoms with Gasteiger partial charge in [0.05, 0.1) is 4.71 Å². The maximum absolute atomic E-state index is 5.78. The summed E-state index contributed by atoms with van der Waals surface area (Å²) >= 11 is 13.1. The van der Waals surface area contributed by atoms with E-state index < -0.39 is 0 Å². The Balaban J connectivity index is 2.66. The zero-order valence-corrected chi connectivity index (χ0v) is 8.38. The second kappa shape index (κ2) is 4.24. The van der Waals surface area contributed by atoms with Gasteiger partial charge in [-0.15, -0.1) is 23.4 Å². The van der Waals surface area contributed by atoms with Gasteiger partial charge in [-0.1, -0.05) is 11.6 Å². The topological polar surface area (TPSA) is 0 Å². The van der Waals surface area contributed by atoms with Crippen LogP contribution in [0.2, 0.25) is 5.02 Å². The van der Waals surface area contributed by atoms with E-state index in [-0.39, 0.29) is 4.71 Å². The number of thioether (sulfide) groups is 1. The second-order valence-electron chi connectivity index (χ2n) is 2.11. The van der Waals surface area contributed by atoms with Crippen LogP contribution in [0.4, 0.5) is 0 Å². The smallest absolute Gasteiger partial charge is 0.0807 e. The Labute approximate surface area is 80.9 Å². The summed E-state index contributed by atoms with van der Waals surface area (Å²) in [6.07, 6.45) is 0. The van der Waals surface area contributed by atoms with Crippen molar-refractivity contribution in [1.29, 1.82) is 0 Å². The van der Waals surface area contributed by atoms with Gasteiger partial charge in [0.15, 0.2) is 0 Å². The summed E-state index contributed by atoms with van der Waals surface area (Å²) in [4.78, 5) is 1.15. The SMILES string of the molecule is CC(Cl)Sc1ccc(Cl)cc1. The zero-order valence-electron chi connectivity index (χ0n) is 6.05. The van der Waals surface area contributed by atoms with Crippen LogP contribution in [0.15, 0.2) is 29.2 Å². The molecule has 0 fully saturated rings. The van der Waals surface area contributed by atoms with Crippen LogP contribution in [-0.4, -0.2) is 4.71 Å². The molecule has 0 aliphatic heterocycles. The fraction of sp³-hybridized carbons (Fsp3) is 0.250. The lowest BCUT2D eigenvalue weighted by atomic mass is 10.4. The second-order valence-corrected chi connectivity index (χ2v) is 4.88. The molecule has 1 rings (SSSR count). The Bertz CT molecular complexity index is 218. The van der Waals surface area contributed by atoms with Gasteiger partial charge in [0.1, 0.15) is 0 Å². The first-order chi connectivity index (χ1) is 5.18. The minimum atomic E-state index is 0.108. The highest BCUT2D eigenvalue weighted by Gasteiger charge is 1.98. The largest absolute Gasteiger partial charge is 0.111 e. The molecular weight excluding hydrogens is 199 g/mol. The van der Waals surface area contributed by atoms with E-state index in [4.69, 9.17) is 23.2 Å². The van der Waals surface area contributed by atoms with E-state index >= 15 is 0 Å². The average molecular weight is 207 g/mol. The Morgan fingerprint density at radius 2 is 1.82 bits per heavy atom. The third kappa shape index (κ3) is 3.37. The average Bonchev–Trinajstić information content (AvgIpc) is 1.93. The number of halogens is 2. The molecule has 0 aliphatic rings. The molecule has 0 aromatic heterocycles. The number of hydrogen-bond acceptors (Lipinski definition) is 1. The molecule has 0 saturated heterocycles. The molecule has 11 heavy (non-hydrogen) atoms. The highest BCUT2D eigenvalue weighted by atomic mass is 35.5. The van der Waals surface area contributed by atoms with E-state index in [1.54, 1.807) is 11.8 Å². The normalized spacial score (nSPS) is 13.0. The van der Waals surface area contributed by atoms with Gasteiger partial charge in [0, 0.05) is 9.92 Å². The van der Waals surface area contributed by atoms with E-state index in [2.05, 4.69) is 0 Å². The maximum Gasteiger partial charge on any atom is 0.0807 e. The monoisotopic (exact) mass is 206 g/mol. The Hall–Kier alpha value is 0.150. The molecule has 0 nitrogen and oxygen atoms in total. The van der Waals surface area contributed by atoms with Gasteiger partial charge in [-0.05, 0) is 31.2 Å². The van der Waals surface area contributed by atoms with Crippen LogP contribution in [0.5, 0.6) is 0 Å². The number of benzene rings is 1. The van der Waals surface area contributed by atoms with E-state index in [0.717, 1.165) is 9.92 Å². The molecule has 1 unspecified atom stereocenters. The predicted molar refractivity (Wildman–Crippen MR) is 52.6 cm³/mol. The van der Waals surface area contributed by atoms with Crippen LogP contribution in [0.1, 0.15) is 6.92 Å². The minimum Gasteiger partial charge on any atom is -0.111 e. The van der Waals surface area contributed by atoms with Crippen LogP contribution in [0, 0.1) is 0 Å². The first-order valence-corrected chi connectivity index (χ1v) is 4.94. The lowest BCUT2D eigenvalue weighted by Crippen LogP contribution is -1.80. The van der Waals surface area contributed by atoms with E-state index in [1.165, 1.54) is 0 Å². The summed E-state index contributed by atoms with van der Waals surface area (Å²) in [6.45, 7) is 1.95. The molecule has 0 heterocycles. The molecule has 1 atom stereocenters. The third-order valence-corrected chi connectivity index (χ3v) is 2.50. The molecule has 3 heteroatoms. The van der Waals surface area contributed by atoms with Crippen LogP contribution in [0.25, 0.3) is 0 Å². The summed E-state index contributed by atoms with van der Waals surface area (Å²) in [5.41, 5.74) is 0. The summed E-state index contributed by atoms with van der Waals surface area (Å²) in [5, 5.41) is 0.761. The van der Waals surface area contributed by atoms with Crippen molar-refractivity contribution in [3.63, 3.8) is 0 Å². The first kappa shape index (κ1) is 9.24. The van der Waals surface area contributed by atoms with Gasteiger partial charge in [-0.25, -0.2) is 0 Å². The summed E-state index contributed by atoms with van der Waals surface area (Å²) in [5.74, 6) is 0. The van der Waals surface area contributed by atoms with Crippen molar-refractivity contribution in [3.8, 4) is 0 Å². The standard InChI is InChI=1S/C8H8Cl2S/c1-6(9)11-8-4-2-7(10)3-5-8/h2-6H,1H3. The quantitative estimate of drug-likeness (QED) is 0.521. The van der Waals surface area contributed by atoms with Crippen LogP contribution in [0.3, 0.4) is 0 Å². The van der Waals surface area contributed by atoms with Gasteiger partial charge in [0.25, 0.3) is 0 Å². The molecule has 0 amide bonds. The third-order valence-electron chi connectivity index (χ3n) is 1.11. The number of hydrogen-bond donors (Lipinski definition) is 0. The molecule has 60 valence electrons. The summed E-state index contributed by atoms with van der Waals surface area (Å²) in [6, 6.07) is 7.66. The molecule has 0 aliphatic carbocycles. The zero-order chi connectivity index (χ0) is 8.27. The van der Waals surface area contributed by atoms with Crippen molar-refractivity contribution in [2.24, 2.45) is 0 Å². The van der Waals surface area contributed by atoms with Crippen LogP contribution in [-0.2, 0) is 0 Å². The van der Waals surface area contributed by atoms with Gasteiger partial charge in [-0.3, -0.25) is 0 Å². The highest BCUT2D eigenvalue weighted by molar-refractivity contribution is 8.01. The van der Waals surface area contributed by atoms with Crippen molar-refractivity contribution in [1.82, 2.24) is 0 Å².